The number of carbonyl (C=O) groups excluding carboxylic acids is 1. The molecule has 0 spiro atoms. The number of aromatic amines is 1. The molecule has 6 heteroatoms. The first-order valence-electron chi connectivity index (χ1n) is 6.07. The average molecular weight is 331 g/mol. The molecule has 0 fully saturated rings. The van der Waals surface area contributed by atoms with Gasteiger partial charge in [0.1, 0.15) is 16.1 Å². The molecular formula is C14H11BrN4O. The maximum Gasteiger partial charge on any atom is 0.270 e. The van der Waals surface area contributed by atoms with Crippen LogP contribution in [-0.4, -0.2) is 20.9 Å². The number of carbonyl (C=O) groups is 1. The highest BCUT2D eigenvalue weighted by Gasteiger charge is 2.08. The topological polar surface area (TPSA) is 70.7 Å². The second kappa shape index (κ2) is 5.42. The van der Waals surface area contributed by atoms with Gasteiger partial charge in [-0.2, -0.15) is 0 Å². The number of halogens is 1. The fourth-order valence-corrected chi connectivity index (χ4v) is 2.22. The number of imidazole rings is 1. The first-order valence-corrected chi connectivity index (χ1v) is 6.86. The Kier molecular flexibility index (Phi) is 3.47. The lowest BCUT2D eigenvalue weighted by Gasteiger charge is -2.02. The van der Waals surface area contributed by atoms with Crippen LogP contribution in [0.5, 0.6) is 0 Å². The van der Waals surface area contributed by atoms with E-state index < -0.39 is 0 Å². The Labute approximate surface area is 123 Å². The van der Waals surface area contributed by atoms with E-state index in [0.29, 0.717) is 16.8 Å². The van der Waals surface area contributed by atoms with Gasteiger partial charge < -0.3 is 10.3 Å². The largest absolute Gasteiger partial charge is 0.343 e. The van der Waals surface area contributed by atoms with E-state index in [1.54, 1.807) is 18.2 Å². The van der Waals surface area contributed by atoms with E-state index in [1.807, 2.05) is 24.3 Å². The third kappa shape index (κ3) is 2.70. The molecule has 0 bridgehead atoms. The van der Waals surface area contributed by atoms with Gasteiger partial charge >= 0.3 is 0 Å². The summed E-state index contributed by atoms with van der Waals surface area (Å²) in [5.41, 5.74) is 2.21. The second-order valence-electron chi connectivity index (χ2n) is 4.23. The molecule has 0 atom stereocenters. The van der Waals surface area contributed by atoms with E-state index >= 15 is 0 Å². The van der Waals surface area contributed by atoms with Gasteiger partial charge in [0.15, 0.2) is 0 Å². The fraction of sp³-hybridized carbons (Fsp3) is 0.0714. The van der Waals surface area contributed by atoms with Crippen molar-refractivity contribution in [3.63, 3.8) is 0 Å². The van der Waals surface area contributed by atoms with E-state index in [0.717, 1.165) is 16.9 Å². The normalized spacial score (nSPS) is 10.7. The highest BCUT2D eigenvalue weighted by molar-refractivity contribution is 9.10. The molecule has 0 aliphatic heterocycles. The number of nitrogens with zero attached hydrogens (tertiary/aromatic N) is 2. The number of hydrogen-bond acceptors (Lipinski definition) is 3. The Morgan fingerprint density at radius 3 is 2.80 bits per heavy atom. The lowest BCUT2D eigenvalue weighted by Crippen LogP contribution is -2.24. The predicted molar refractivity (Wildman–Crippen MR) is 79.2 cm³/mol. The number of aromatic nitrogens is 3. The van der Waals surface area contributed by atoms with Crippen molar-refractivity contribution in [2.75, 3.05) is 0 Å². The Morgan fingerprint density at radius 1 is 1.15 bits per heavy atom. The minimum atomic E-state index is -0.230. The van der Waals surface area contributed by atoms with E-state index in [9.17, 15) is 4.79 Å². The fourth-order valence-electron chi connectivity index (χ4n) is 1.88. The molecule has 1 amide bonds. The molecule has 0 aliphatic carbocycles. The molecule has 0 aliphatic rings. The van der Waals surface area contributed by atoms with Crippen LogP contribution in [0.25, 0.3) is 11.0 Å². The Balaban J connectivity index is 1.71. The summed E-state index contributed by atoms with van der Waals surface area (Å²) in [7, 11) is 0. The molecular weight excluding hydrogens is 320 g/mol. The first-order chi connectivity index (χ1) is 9.72. The summed E-state index contributed by atoms with van der Waals surface area (Å²) in [6.45, 7) is 0.335. The van der Waals surface area contributed by atoms with Crippen LogP contribution in [0.3, 0.4) is 0 Å². The van der Waals surface area contributed by atoms with Crippen molar-refractivity contribution in [1.29, 1.82) is 0 Å². The van der Waals surface area contributed by atoms with Crippen LogP contribution in [-0.2, 0) is 6.54 Å². The molecule has 2 heterocycles. The molecule has 1 aromatic carbocycles. The Bertz CT molecular complexity index is 735. The molecule has 5 nitrogen and oxygen atoms in total. The average Bonchev–Trinajstić information content (AvgIpc) is 2.87. The summed E-state index contributed by atoms with van der Waals surface area (Å²) in [4.78, 5) is 23.6. The zero-order chi connectivity index (χ0) is 13.9. The van der Waals surface area contributed by atoms with Crippen LogP contribution in [0, 0.1) is 0 Å². The number of para-hydroxylation sites is 2. The minimum Gasteiger partial charge on any atom is -0.343 e. The Hall–Kier alpha value is -2.21. The standard InChI is InChI=1S/C14H11BrN4O/c15-12-7-3-6-11(17-12)14(20)16-8-13-18-9-4-1-2-5-10(9)19-13/h1-7H,8H2,(H,16,20)(H,18,19). The Morgan fingerprint density at radius 2 is 2.00 bits per heavy atom. The molecule has 0 saturated carbocycles. The van der Waals surface area contributed by atoms with Crippen molar-refractivity contribution in [1.82, 2.24) is 20.3 Å². The minimum absolute atomic E-state index is 0.230. The third-order valence-electron chi connectivity index (χ3n) is 2.80. The number of nitrogens with one attached hydrogen (secondary N) is 2. The molecule has 2 aromatic heterocycles. The van der Waals surface area contributed by atoms with Crippen LogP contribution in [0.4, 0.5) is 0 Å². The number of amides is 1. The van der Waals surface area contributed by atoms with Crippen LogP contribution >= 0.6 is 15.9 Å². The molecule has 0 unspecified atom stereocenters. The van der Waals surface area contributed by atoms with Crippen LogP contribution in [0.15, 0.2) is 47.1 Å². The zero-order valence-electron chi connectivity index (χ0n) is 10.4. The summed E-state index contributed by atoms with van der Waals surface area (Å²) in [6, 6.07) is 12.9. The molecule has 3 rings (SSSR count). The van der Waals surface area contributed by atoms with Gasteiger partial charge in [0.05, 0.1) is 17.6 Å². The van der Waals surface area contributed by atoms with Gasteiger partial charge in [-0.3, -0.25) is 4.79 Å². The van der Waals surface area contributed by atoms with Crippen molar-refractivity contribution in [2.45, 2.75) is 6.54 Å². The van der Waals surface area contributed by atoms with Crippen LogP contribution < -0.4 is 5.32 Å². The van der Waals surface area contributed by atoms with E-state index in [1.165, 1.54) is 0 Å². The van der Waals surface area contributed by atoms with Crippen molar-refractivity contribution >= 4 is 32.9 Å². The highest BCUT2D eigenvalue weighted by Crippen LogP contribution is 2.10. The smallest absolute Gasteiger partial charge is 0.270 e. The number of rotatable bonds is 3. The van der Waals surface area contributed by atoms with Crippen molar-refractivity contribution in [3.05, 3.63) is 58.6 Å². The molecule has 3 aromatic rings. The number of hydrogen-bond donors (Lipinski definition) is 2. The summed E-state index contributed by atoms with van der Waals surface area (Å²) < 4.78 is 0.633. The maximum absolute atomic E-state index is 11.9. The molecule has 0 radical (unpaired) electrons. The quantitative estimate of drug-likeness (QED) is 0.725. The van der Waals surface area contributed by atoms with Gasteiger partial charge in [-0.1, -0.05) is 18.2 Å². The van der Waals surface area contributed by atoms with E-state index in [4.69, 9.17) is 0 Å². The molecule has 0 saturated heterocycles. The summed E-state index contributed by atoms with van der Waals surface area (Å²) in [6.07, 6.45) is 0. The second-order valence-corrected chi connectivity index (χ2v) is 5.04. The van der Waals surface area contributed by atoms with Crippen molar-refractivity contribution in [2.24, 2.45) is 0 Å². The maximum atomic E-state index is 11.9. The van der Waals surface area contributed by atoms with E-state index in [2.05, 4.69) is 36.2 Å². The van der Waals surface area contributed by atoms with Gasteiger partial charge in [0, 0.05) is 0 Å². The summed E-state index contributed by atoms with van der Waals surface area (Å²) >= 11 is 3.24. The number of fused-ring (bicyclic) bond motifs is 1. The lowest BCUT2D eigenvalue weighted by atomic mass is 10.3. The van der Waals surface area contributed by atoms with Crippen LogP contribution in [0.1, 0.15) is 16.3 Å². The SMILES string of the molecule is O=C(NCc1nc2ccccc2[nH]1)c1cccc(Br)n1. The van der Waals surface area contributed by atoms with Gasteiger partial charge in [0.25, 0.3) is 5.91 Å². The van der Waals surface area contributed by atoms with Crippen LogP contribution in [0.2, 0.25) is 0 Å². The summed E-state index contributed by atoms with van der Waals surface area (Å²) in [5, 5.41) is 2.79. The molecule has 20 heavy (non-hydrogen) atoms. The zero-order valence-corrected chi connectivity index (χ0v) is 12.0. The number of benzene rings is 1. The molecule has 2 N–H and O–H groups in total. The monoisotopic (exact) mass is 330 g/mol. The van der Waals surface area contributed by atoms with Gasteiger partial charge in [0.2, 0.25) is 0 Å². The molecule has 100 valence electrons. The van der Waals surface area contributed by atoms with Crippen molar-refractivity contribution in [3.8, 4) is 0 Å². The van der Waals surface area contributed by atoms with Gasteiger partial charge in [-0.05, 0) is 40.2 Å². The predicted octanol–water partition coefficient (Wildman–Crippen LogP) is 2.65. The van der Waals surface area contributed by atoms with Crippen molar-refractivity contribution < 1.29 is 4.79 Å². The number of pyridine rings is 1. The highest BCUT2D eigenvalue weighted by atomic mass is 79.9. The third-order valence-corrected chi connectivity index (χ3v) is 3.24. The van der Waals surface area contributed by atoms with Gasteiger partial charge in [-0.15, -0.1) is 0 Å². The van der Waals surface area contributed by atoms with Gasteiger partial charge in [-0.25, -0.2) is 9.97 Å². The first kappa shape index (κ1) is 12.8. The summed E-state index contributed by atoms with van der Waals surface area (Å²) in [5.74, 6) is 0.487. The lowest BCUT2D eigenvalue weighted by molar-refractivity contribution is 0.0945. The van der Waals surface area contributed by atoms with E-state index in [-0.39, 0.29) is 5.91 Å². The number of H-pyrrole nitrogens is 1.